The van der Waals surface area contributed by atoms with Crippen LogP contribution in [-0.2, 0) is 4.79 Å². The number of phenols is 1. The molecule has 0 radical (unpaired) electrons. The molecule has 0 bridgehead atoms. The molecule has 7 nitrogen and oxygen atoms in total. The Labute approximate surface area is 177 Å². The van der Waals surface area contributed by atoms with Crippen LogP contribution < -0.4 is 5.32 Å². The fourth-order valence-electron chi connectivity index (χ4n) is 2.92. The summed E-state index contributed by atoms with van der Waals surface area (Å²) in [6.07, 6.45) is 0. The van der Waals surface area contributed by atoms with Gasteiger partial charge in [0.1, 0.15) is 5.75 Å². The van der Waals surface area contributed by atoms with Crippen LogP contribution in [0.1, 0.15) is 6.92 Å². The molecule has 8 heteroatoms. The lowest BCUT2D eigenvalue weighted by Crippen LogP contribution is -2.23. The van der Waals surface area contributed by atoms with E-state index in [2.05, 4.69) is 20.8 Å². The van der Waals surface area contributed by atoms with Crippen LogP contribution in [0.4, 0.5) is 5.69 Å². The van der Waals surface area contributed by atoms with E-state index in [1.54, 1.807) is 31.2 Å². The average molecular weight is 417 g/mol. The van der Waals surface area contributed by atoms with Crippen LogP contribution in [0, 0.1) is 0 Å². The molecule has 0 aliphatic rings. The molecule has 0 aliphatic heterocycles. The highest BCUT2D eigenvalue weighted by atomic mass is 32.2. The molecule has 1 heterocycles. The molecule has 0 unspecified atom stereocenters. The fraction of sp³-hybridized carbons (Fsp3) is 0.0909. The van der Waals surface area contributed by atoms with Crippen molar-refractivity contribution in [2.24, 2.45) is 0 Å². The van der Waals surface area contributed by atoms with Gasteiger partial charge in [-0.25, -0.2) is 0 Å². The predicted molar refractivity (Wildman–Crippen MR) is 117 cm³/mol. The van der Waals surface area contributed by atoms with Gasteiger partial charge < -0.3 is 10.4 Å². The fourth-order valence-corrected chi connectivity index (χ4v) is 3.72. The number of hydrogen-bond donors (Lipinski definition) is 2. The summed E-state index contributed by atoms with van der Waals surface area (Å²) >= 11 is 1.26. The first-order chi connectivity index (χ1) is 14.6. The summed E-state index contributed by atoms with van der Waals surface area (Å²) < 4.78 is 1.53. The van der Waals surface area contributed by atoms with Crippen molar-refractivity contribution in [2.75, 3.05) is 5.32 Å². The third kappa shape index (κ3) is 4.33. The van der Waals surface area contributed by atoms with Gasteiger partial charge >= 0.3 is 0 Å². The first-order valence-corrected chi connectivity index (χ1v) is 10.2. The molecule has 4 aromatic rings. The van der Waals surface area contributed by atoms with Crippen molar-refractivity contribution in [1.29, 1.82) is 0 Å². The number of carbonyl (C=O) groups excluding carboxylic acids is 1. The maximum absolute atomic E-state index is 12.9. The van der Waals surface area contributed by atoms with E-state index in [-0.39, 0.29) is 11.7 Å². The molecule has 0 fully saturated rings. The molecular weight excluding hydrogens is 398 g/mol. The zero-order valence-corrected chi connectivity index (χ0v) is 17.0. The van der Waals surface area contributed by atoms with Crippen LogP contribution in [0.25, 0.3) is 16.8 Å². The Hall–Kier alpha value is -3.65. The van der Waals surface area contributed by atoms with E-state index in [0.29, 0.717) is 10.8 Å². The van der Waals surface area contributed by atoms with E-state index in [4.69, 9.17) is 0 Å². The van der Waals surface area contributed by atoms with Gasteiger partial charge in [-0.05, 0) is 53.2 Å². The number of benzene rings is 3. The van der Waals surface area contributed by atoms with Crippen molar-refractivity contribution in [3.05, 3.63) is 78.9 Å². The van der Waals surface area contributed by atoms with Gasteiger partial charge in [-0.1, -0.05) is 60.3 Å². The smallest absolute Gasteiger partial charge is 0.237 e. The highest BCUT2D eigenvalue weighted by Crippen LogP contribution is 2.29. The lowest BCUT2D eigenvalue weighted by Gasteiger charge is -2.14. The average Bonchev–Trinajstić information content (AvgIpc) is 3.23. The summed E-state index contributed by atoms with van der Waals surface area (Å²) in [7, 11) is 0. The molecule has 2 N–H and O–H groups in total. The summed E-state index contributed by atoms with van der Waals surface area (Å²) in [6, 6.07) is 24.1. The summed E-state index contributed by atoms with van der Waals surface area (Å²) in [5, 5.41) is 24.3. The molecule has 1 atom stereocenters. The second-order valence-electron chi connectivity index (χ2n) is 6.55. The van der Waals surface area contributed by atoms with E-state index >= 15 is 0 Å². The molecule has 0 aliphatic carbocycles. The van der Waals surface area contributed by atoms with E-state index in [0.717, 1.165) is 16.8 Å². The summed E-state index contributed by atoms with van der Waals surface area (Å²) in [4.78, 5) is 12.9. The molecule has 4 rings (SSSR count). The first kappa shape index (κ1) is 19.7. The monoisotopic (exact) mass is 417 g/mol. The zero-order chi connectivity index (χ0) is 20.9. The van der Waals surface area contributed by atoms with Crippen molar-refractivity contribution >= 4 is 23.4 Å². The Morgan fingerprint density at radius 3 is 2.47 bits per heavy atom. The Kier molecular flexibility index (Phi) is 5.76. The highest BCUT2D eigenvalue weighted by Gasteiger charge is 2.20. The normalized spacial score (nSPS) is 11.8. The first-order valence-electron chi connectivity index (χ1n) is 9.31. The van der Waals surface area contributed by atoms with Crippen molar-refractivity contribution < 1.29 is 9.90 Å². The van der Waals surface area contributed by atoms with Crippen LogP contribution in [-0.4, -0.2) is 36.5 Å². The highest BCUT2D eigenvalue weighted by molar-refractivity contribution is 8.00. The summed E-state index contributed by atoms with van der Waals surface area (Å²) in [5.41, 5.74) is 3.43. The number of aromatic hydroxyl groups is 1. The van der Waals surface area contributed by atoms with Crippen molar-refractivity contribution in [3.63, 3.8) is 0 Å². The minimum atomic E-state index is -0.435. The van der Waals surface area contributed by atoms with Gasteiger partial charge in [-0.2, -0.15) is 4.68 Å². The lowest BCUT2D eigenvalue weighted by molar-refractivity contribution is -0.115. The molecular formula is C22H19N5O2S. The van der Waals surface area contributed by atoms with Gasteiger partial charge in [-0.15, -0.1) is 5.10 Å². The number of nitrogens with one attached hydrogen (secondary N) is 1. The van der Waals surface area contributed by atoms with E-state index < -0.39 is 5.25 Å². The second kappa shape index (κ2) is 8.79. The minimum Gasteiger partial charge on any atom is -0.508 e. The van der Waals surface area contributed by atoms with Gasteiger partial charge in [0, 0.05) is 11.3 Å². The number of carbonyl (C=O) groups is 1. The van der Waals surface area contributed by atoms with Crippen LogP contribution in [0.3, 0.4) is 0 Å². The number of phenolic OH excluding ortho intramolecular Hbond substituents is 1. The van der Waals surface area contributed by atoms with Crippen molar-refractivity contribution in [1.82, 2.24) is 20.2 Å². The van der Waals surface area contributed by atoms with Crippen molar-refractivity contribution in [2.45, 2.75) is 17.3 Å². The van der Waals surface area contributed by atoms with Crippen LogP contribution in [0.2, 0.25) is 0 Å². The Morgan fingerprint density at radius 2 is 1.70 bits per heavy atom. The number of para-hydroxylation sites is 1. The zero-order valence-electron chi connectivity index (χ0n) is 16.1. The van der Waals surface area contributed by atoms with E-state index in [1.165, 1.54) is 16.4 Å². The van der Waals surface area contributed by atoms with Crippen LogP contribution in [0.15, 0.2) is 84.0 Å². The van der Waals surface area contributed by atoms with Crippen LogP contribution in [0.5, 0.6) is 5.75 Å². The molecule has 0 saturated carbocycles. The molecule has 30 heavy (non-hydrogen) atoms. The third-order valence-corrected chi connectivity index (χ3v) is 5.49. The molecule has 3 aromatic carbocycles. The molecule has 1 amide bonds. The minimum absolute atomic E-state index is 0.149. The van der Waals surface area contributed by atoms with Gasteiger partial charge in [0.25, 0.3) is 0 Å². The van der Waals surface area contributed by atoms with E-state index in [9.17, 15) is 9.90 Å². The number of hydrogen-bond acceptors (Lipinski definition) is 6. The largest absolute Gasteiger partial charge is 0.508 e. The number of anilines is 1. The Morgan fingerprint density at radius 1 is 1.00 bits per heavy atom. The molecule has 150 valence electrons. The molecule has 1 aromatic heterocycles. The topological polar surface area (TPSA) is 92.9 Å². The van der Waals surface area contributed by atoms with Gasteiger partial charge in [0.15, 0.2) is 0 Å². The maximum atomic E-state index is 12.9. The quantitative estimate of drug-likeness (QED) is 0.458. The number of amides is 1. The van der Waals surface area contributed by atoms with E-state index in [1.807, 2.05) is 54.6 Å². The second-order valence-corrected chi connectivity index (χ2v) is 7.86. The number of thioether (sulfide) groups is 1. The SMILES string of the molecule is C[C@@H](Sc1nnnn1-c1ccc(O)cc1)C(=O)Nc1ccccc1-c1ccccc1. The number of nitrogens with zero attached hydrogens (tertiary/aromatic N) is 4. The third-order valence-electron chi connectivity index (χ3n) is 4.46. The summed E-state index contributed by atoms with van der Waals surface area (Å²) in [6.45, 7) is 1.81. The molecule has 0 spiro atoms. The number of rotatable bonds is 6. The Bertz CT molecular complexity index is 1150. The summed E-state index contributed by atoms with van der Waals surface area (Å²) in [5.74, 6) is 0.00879. The lowest BCUT2D eigenvalue weighted by atomic mass is 10.0. The maximum Gasteiger partial charge on any atom is 0.237 e. The predicted octanol–water partition coefficient (Wildman–Crippen LogP) is 4.15. The Balaban J connectivity index is 1.50. The molecule has 0 saturated heterocycles. The van der Waals surface area contributed by atoms with Crippen molar-refractivity contribution in [3.8, 4) is 22.6 Å². The number of aromatic nitrogens is 4. The standard InChI is InChI=1S/C22H19N5O2S/c1-15(30-22-24-25-26-27(22)17-11-13-18(28)14-12-17)21(29)23-20-10-6-5-9-19(20)16-7-3-2-4-8-16/h2-15,28H,1H3,(H,23,29)/t15-/m1/s1. The number of tetrazole rings is 1. The van der Waals surface area contributed by atoms with Gasteiger partial charge in [0.05, 0.1) is 10.9 Å². The van der Waals surface area contributed by atoms with Gasteiger partial charge in [0.2, 0.25) is 11.1 Å². The van der Waals surface area contributed by atoms with Crippen LogP contribution >= 0.6 is 11.8 Å². The van der Waals surface area contributed by atoms with Gasteiger partial charge in [-0.3, -0.25) is 4.79 Å².